The van der Waals surface area contributed by atoms with Crippen LogP contribution in [0, 0.1) is 5.41 Å². The first-order chi connectivity index (χ1) is 13.0. The van der Waals surface area contributed by atoms with Crippen molar-refractivity contribution in [2.45, 2.75) is 59.7 Å². The average Bonchev–Trinajstić information content (AvgIpc) is 2.58. The number of benzene rings is 2. The quantitative estimate of drug-likeness (QED) is 0.405. The largest absolute Gasteiger partial charge is 0.493 e. The van der Waals surface area contributed by atoms with Gasteiger partial charge in [-0.1, -0.05) is 44.5 Å². The summed E-state index contributed by atoms with van der Waals surface area (Å²) in [5.41, 5.74) is 2.51. The summed E-state index contributed by atoms with van der Waals surface area (Å²) in [5, 5.41) is 4.38. The van der Waals surface area contributed by atoms with E-state index in [9.17, 15) is 0 Å². The second-order valence-corrected chi connectivity index (χ2v) is 10.3. The van der Waals surface area contributed by atoms with E-state index in [-0.39, 0.29) is 23.4 Å². The molecule has 0 radical (unpaired) electrons. The van der Waals surface area contributed by atoms with E-state index in [0.29, 0.717) is 23.1 Å². The van der Waals surface area contributed by atoms with Crippen LogP contribution in [0.1, 0.15) is 52.2 Å². The van der Waals surface area contributed by atoms with E-state index in [0.717, 1.165) is 28.6 Å². The van der Waals surface area contributed by atoms with Gasteiger partial charge >= 0.3 is 0 Å². The van der Waals surface area contributed by atoms with Crippen LogP contribution in [0.5, 0.6) is 11.5 Å². The molecule has 29 heavy (non-hydrogen) atoms. The number of halogens is 3. The highest BCUT2D eigenvalue weighted by molar-refractivity contribution is 9.10. The van der Waals surface area contributed by atoms with Crippen molar-refractivity contribution in [3.8, 4) is 11.5 Å². The first kappa shape index (κ1) is 26.1. The van der Waals surface area contributed by atoms with Crippen LogP contribution < -0.4 is 14.8 Å². The number of nitrogens with one attached hydrogen (secondary N) is 1. The molecule has 3 nitrogen and oxygen atoms in total. The summed E-state index contributed by atoms with van der Waals surface area (Å²) in [5.74, 6) is 1.42. The number of hydrogen-bond donors (Lipinski definition) is 1. The van der Waals surface area contributed by atoms with Gasteiger partial charge in [0.15, 0.2) is 11.5 Å². The van der Waals surface area contributed by atoms with Gasteiger partial charge in [-0.3, -0.25) is 0 Å². The zero-order valence-electron chi connectivity index (χ0n) is 18.1. The normalized spacial score (nSPS) is 11.7. The van der Waals surface area contributed by atoms with Crippen LogP contribution in [-0.2, 0) is 13.2 Å². The molecule has 2 aromatic rings. The van der Waals surface area contributed by atoms with Crippen LogP contribution in [0.2, 0.25) is 5.02 Å². The molecule has 0 aromatic heterocycles. The van der Waals surface area contributed by atoms with Gasteiger partial charge in [0.25, 0.3) is 0 Å². The topological polar surface area (TPSA) is 30.5 Å². The summed E-state index contributed by atoms with van der Waals surface area (Å²) in [6, 6.07) is 11.7. The molecular weight excluding hydrogens is 473 g/mol. The highest BCUT2D eigenvalue weighted by atomic mass is 79.9. The molecule has 0 fully saturated rings. The van der Waals surface area contributed by atoms with Crippen molar-refractivity contribution in [2.75, 3.05) is 7.11 Å². The minimum atomic E-state index is 0. The van der Waals surface area contributed by atoms with Crippen molar-refractivity contribution in [2.24, 2.45) is 5.41 Å². The molecule has 0 saturated heterocycles. The van der Waals surface area contributed by atoms with Gasteiger partial charge in [0.2, 0.25) is 0 Å². The van der Waals surface area contributed by atoms with E-state index in [1.165, 1.54) is 0 Å². The van der Waals surface area contributed by atoms with Gasteiger partial charge in [-0.05, 0) is 77.0 Å². The zero-order chi connectivity index (χ0) is 20.9. The SMILES string of the molecule is COc1cc(CNC(C)(C)CC(C)(C)C)cc(Br)c1OCc1ccc(Cl)cc1.Cl. The zero-order valence-corrected chi connectivity index (χ0v) is 21.2. The summed E-state index contributed by atoms with van der Waals surface area (Å²) >= 11 is 9.58. The smallest absolute Gasteiger partial charge is 0.175 e. The van der Waals surface area contributed by atoms with Crippen LogP contribution >= 0.6 is 39.9 Å². The molecule has 2 rings (SSSR count). The monoisotopic (exact) mass is 503 g/mol. The molecule has 0 aliphatic heterocycles. The van der Waals surface area contributed by atoms with E-state index in [1.54, 1.807) is 7.11 Å². The van der Waals surface area contributed by atoms with Crippen molar-refractivity contribution in [1.29, 1.82) is 0 Å². The maximum absolute atomic E-state index is 6.02. The summed E-state index contributed by atoms with van der Waals surface area (Å²) < 4.78 is 12.5. The Kier molecular flexibility index (Phi) is 9.81. The minimum absolute atomic E-state index is 0. The van der Waals surface area contributed by atoms with Gasteiger partial charge in [-0.2, -0.15) is 0 Å². The number of methoxy groups -OCH3 is 1. The molecule has 162 valence electrons. The van der Waals surface area contributed by atoms with Crippen LogP contribution in [-0.4, -0.2) is 12.6 Å². The Labute approximate surface area is 195 Å². The molecule has 0 atom stereocenters. The Bertz CT molecular complexity index is 787. The van der Waals surface area contributed by atoms with Gasteiger partial charge in [-0.25, -0.2) is 0 Å². The first-order valence-corrected chi connectivity index (χ1v) is 10.6. The lowest BCUT2D eigenvalue weighted by Gasteiger charge is -2.33. The van der Waals surface area contributed by atoms with Crippen molar-refractivity contribution in [3.63, 3.8) is 0 Å². The predicted molar refractivity (Wildman–Crippen MR) is 129 cm³/mol. The molecule has 1 N–H and O–H groups in total. The Hall–Kier alpha value is -0.940. The van der Waals surface area contributed by atoms with Crippen LogP contribution in [0.25, 0.3) is 0 Å². The van der Waals surface area contributed by atoms with Gasteiger partial charge < -0.3 is 14.8 Å². The fraction of sp³-hybridized carbons (Fsp3) is 0.478. The predicted octanol–water partition coefficient (Wildman–Crippen LogP) is 7.42. The molecule has 0 unspecified atom stereocenters. The van der Waals surface area contributed by atoms with Crippen LogP contribution in [0.3, 0.4) is 0 Å². The Morgan fingerprint density at radius 2 is 1.62 bits per heavy atom. The minimum Gasteiger partial charge on any atom is -0.493 e. The number of ether oxygens (including phenoxy) is 2. The molecule has 0 bridgehead atoms. The highest BCUT2D eigenvalue weighted by Crippen LogP contribution is 2.37. The third-order valence-electron chi connectivity index (χ3n) is 4.33. The second kappa shape index (κ2) is 10.9. The third kappa shape index (κ3) is 8.75. The number of hydrogen-bond acceptors (Lipinski definition) is 3. The molecular formula is C23H32BrCl2NO2. The van der Waals surface area contributed by atoms with E-state index < -0.39 is 0 Å². The fourth-order valence-corrected chi connectivity index (χ4v) is 4.21. The van der Waals surface area contributed by atoms with Gasteiger partial charge in [-0.15, -0.1) is 12.4 Å². The lowest BCUT2D eigenvalue weighted by molar-refractivity contribution is 0.240. The lowest BCUT2D eigenvalue weighted by atomic mass is 9.82. The molecule has 0 amide bonds. The summed E-state index contributed by atoms with van der Waals surface area (Å²) in [6.07, 6.45) is 1.08. The van der Waals surface area contributed by atoms with Crippen molar-refractivity contribution in [3.05, 3.63) is 57.0 Å². The third-order valence-corrected chi connectivity index (χ3v) is 5.17. The van der Waals surface area contributed by atoms with Crippen molar-refractivity contribution < 1.29 is 9.47 Å². The fourth-order valence-electron chi connectivity index (χ4n) is 3.48. The van der Waals surface area contributed by atoms with Gasteiger partial charge in [0.05, 0.1) is 11.6 Å². The lowest BCUT2D eigenvalue weighted by Crippen LogP contribution is -2.41. The van der Waals surface area contributed by atoms with Gasteiger partial charge in [0, 0.05) is 17.1 Å². The maximum atomic E-state index is 6.02. The van der Waals surface area contributed by atoms with Crippen molar-refractivity contribution >= 4 is 39.9 Å². The molecule has 6 heteroatoms. The van der Waals surface area contributed by atoms with E-state index in [2.05, 4.69) is 61.9 Å². The van der Waals surface area contributed by atoms with Crippen LogP contribution in [0.4, 0.5) is 0 Å². The Morgan fingerprint density at radius 3 is 2.17 bits per heavy atom. The van der Waals surface area contributed by atoms with E-state index in [4.69, 9.17) is 21.1 Å². The average molecular weight is 505 g/mol. The molecule has 2 aromatic carbocycles. The number of rotatable bonds is 8. The second-order valence-electron chi connectivity index (χ2n) is 9.00. The Balaban J connectivity index is 0.00000420. The van der Waals surface area contributed by atoms with E-state index in [1.807, 2.05) is 30.3 Å². The molecule has 0 spiro atoms. The Morgan fingerprint density at radius 1 is 1.00 bits per heavy atom. The van der Waals surface area contributed by atoms with Crippen LogP contribution in [0.15, 0.2) is 40.9 Å². The summed E-state index contributed by atoms with van der Waals surface area (Å²) in [6.45, 7) is 12.5. The molecule has 0 heterocycles. The molecule has 0 aliphatic carbocycles. The standard InChI is InChI=1S/C23H31BrClNO2.ClH/c1-22(2,3)15-23(4,5)26-13-17-11-19(24)21(20(12-17)27-6)28-14-16-7-9-18(25)10-8-16;/h7-12,26H,13-15H2,1-6H3;1H. The molecule has 0 aliphatic rings. The van der Waals surface area contributed by atoms with Crippen molar-refractivity contribution in [1.82, 2.24) is 5.32 Å². The maximum Gasteiger partial charge on any atom is 0.175 e. The van der Waals surface area contributed by atoms with Gasteiger partial charge in [0.1, 0.15) is 6.61 Å². The summed E-state index contributed by atoms with van der Waals surface area (Å²) in [4.78, 5) is 0. The summed E-state index contributed by atoms with van der Waals surface area (Å²) in [7, 11) is 1.66. The molecule has 0 saturated carbocycles. The highest BCUT2D eigenvalue weighted by Gasteiger charge is 2.25. The first-order valence-electron chi connectivity index (χ1n) is 9.48. The van der Waals surface area contributed by atoms with E-state index >= 15 is 0 Å².